The van der Waals surface area contributed by atoms with Crippen LogP contribution in [0.3, 0.4) is 0 Å². The molecule has 1 unspecified atom stereocenters. The van der Waals surface area contributed by atoms with Gasteiger partial charge in [-0.05, 0) is 17.9 Å². The maximum Gasteiger partial charge on any atom is 0.404 e. The first-order valence-corrected chi connectivity index (χ1v) is 20.3. The van der Waals surface area contributed by atoms with Crippen LogP contribution in [-0.4, -0.2) is 52.3 Å². The molecule has 49 heavy (non-hydrogen) atoms. The van der Waals surface area contributed by atoms with E-state index in [1.165, 1.54) is 103 Å². The van der Waals surface area contributed by atoms with Crippen LogP contribution < -0.4 is 10.3 Å². The van der Waals surface area contributed by atoms with Crippen molar-refractivity contribution >= 4 is 35.3 Å². The van der Waals surface area contributed by atoms with Gasteiger partial charge in [0.1, 0.15) is 17.6 Å². The molecule has 4 rings (SSSR count). The summed E-state index contributed by atoms with van der Waals surface area (Å²) >= 11 is 0. The van der Waals surface area contributed by atoms with Gasteiger partial charge in [-0.3, -0.25) is 4.52 Å². The first-order chi connectivity index (χ1) is 24.1. The van der Waals surface area contributed by atoms with Crippen molar-refractivity contribution in [1.29, 1.82) is 0 Å². The molecule has 0 saturated heterocycles. The van der Waals surface area contributed by atoms with Crippen LogP contribution in [0.2, 0.25) is 0 Å². The molecule has 0 saturated carbocycles. The largest absolute Gasteiger partial charge is 0.422 e. The minimum atomic E-state index is -3.67. The molecule has 4 aromatic rings. The summed E-state index contributed by atoms with van der Waals surface area (Å²) in [6.45, 7) is 4.11. The van der Waals surface area contributed by atoms with Crippen LogP contribution in [0, 0.1) is 0 Å². The number of nitrogens with two attached hydrogens (primary N) is 1. The standard InChI is InChI=1S/C38H58N5O5P/c1-2-3-4-5-6-7-8-9-10-11-12-13-14-15-16-19-26-45-28-29-47-49(44,48-35-24-20-22-33-21-17-18-23-34(33)35)32-46-27-25-43-31-42-36-37(39)40-30-41-38(36)43/h17-18,20-24,30-31H,2-16,19,25-29,32H2,1H3,(H2,39,40,41). The van der Waals surface area contributed by atoms with Gasteiger partial charge in [0, 0.05) is 18.5 Å². The van der Waals surface area contributed by atoms with E-state index in [1.54, 1.807) is 12.4 Å². The van der Waals surface area contributed by atoms with Gasteiger partial charge in [0.25, 0.3) is 0 Å². The molecule has 10 nitrogen and oxygen atoms in total. The van der Waals surface area contributed by atoms with Gasteiger partial charge in [0.05, 0.1) is 26.1 Å². The van der Waals surface area contributed by atoms with Crippen LogP contribution in [0.15, 0.2) is 55.1 Å². The van der Waals surface area contributed by atoms with Crippen LogP contribution in [-0.2, 0) is 25.1 Å². The summed E-state index contributed by atoms with van der Waals surface area (Å²) in [7, 11) is -3.67. The maximum atomic E-state index is 14.0. The van der Waals surface area contributed by atoms with E-state index in [0.29, 0.717) is 42.5 Å². The number of anilines is 1. The molecule has 270 valence electrons. The van der Waals surface area contributed by atoms with Crippen LogP contribution >= 0.6 is 7.60 Å². The van der Waals surface area contributed by atoms with Crippen LogP contribution in [0.25, 0.3) is 21.9 Å². The van der Waals surface area contributed by atoms with E-state index in [2.05, 4.69) is 21.9 Å². The van der Waals surface area contributed by atoms with E-state index in [1.807, 2.05) is 41.0 Å². The van der Waals surface area contributed by atoms with Gasteiger partial charge < -0.3 is 24.3 Å². The number of nitrogen functional groups attached to an aromatic ring is 1. The number of ether oxygens (including phenoxy) is 2. The highest BCUT2D eigenvalue weighted by Crippen LogP contribution is 2.49. The van der Waals surface area contributed by atoms with Crippen LogP contribution in [0.1, 0.15) is 110 Å². The molecule has 0 aliphatic heterocycles. The Labute approximate surface area is 293 Å². The van der Waals surface area contributed by atoms with Crippen molar-refractivity contribution in [3.05, 3.63) is 55.1 Å². The van der Waals surface area contributed by atoms with Gasteiger partial charge >= 0.3 is 7.60 Å². The minimum Gasteiger partial charge on any atom is -0.422 e. The fraction of sp³-hybridized carbons (Fsp3) is 0.605. The Kier molecular flexibility index (Phi) is 17.9. The van der Waals surface area contributed by atoms with Crippen LogP contribution in [0.5, 0.6) is 5.75 Å². The maximum absolute atomic E-state index is 14.0. The number of rotatable bonds is 28. The number of benzene rings is 2. The highest BCUT2D eigenvalue weighted by Gasteiger charge is 2.28. The molecule has 2 aromatic heterocycles. The molecular formula is C38H58N5O5P. The lowest BCUT2D eigenvalue weighted by atomic mass is 10.0. The second kappa shape index (κ2) is 22.6. The number of imidazole rings is 1. The number of unbranched alkanes of at least 4 members (excludes halogenated alkanes) is 15. The van der Waals surface area contributed by atoms with Gasteiger partial charge in [-0.1, -0.05) is 140 Å². The Morgan fingerprint density at radius 3 is 2.06 bits per heavy atom. The Bertz CT molecular complexity index is 1530. The average Bonchev–Trinajstić information content (AvgIpc) is 3.54. The first-order valence-electron chi connectivity index (χ1n) is 18.6. The topological polar surface area (TPSA) is 124 Å². The van der Waals surface area contributed by atoms with E-state index in [4.69, 9.17) is 24.3 Å². The molecule has 0 bridgehead atoms. The van der Waals surface area contributed by atoms with E-state index in [9.17, 15) is 4.57 Å². The number of nitrogens with zero attached hydrogens (tertiary/aromatic N) is 4. The predicted molar refractivity (Wildman–Crippen MR) is 199 cm³/mol. The molecule has 0 amide bonds. The summed E-state index contributed by atoms with van der Waals surface area (Å²) in [5, 5.41) is 1.85. The minimum absolute atomic E-state index is 0.145. The highest BCUT2D eigenvalue weighted by atomic mass is 31.2. The third-order valence-corrected chi connectivity index (χ3v) is 10.4. The van der Waals surface area contributed by atoms with Crippen LogP contribution in [0.4, 0.5) is 5.82 Å². The van der Waals surface area contributed by atoms with E-state index in [0.717, 1.165) is 17.2 Å². The molecule has 2 aromatic carbocycles. The molecule has 0 aliphatic rings. The Morgan fingerprint density at radius 1 is 0.694 bits per heavy atom. The average molecular weight is 696 g/mol. The molecule has 11 heteroatoms. The van der Waals surface area contributed by atoms with E-state index < -0.39 is 7.60 Å². The Balaban J connectivity index is 1.10. The van der Waals surface area contributed by atoms with Gasteiger partial charge in [-0.2, -0.15) is 0 Å². The molecule has 0 aliphatic carbocycles. The molecule has 0 spiro atoms. The fourth-order valence-corrected chi connectivity index (χ4v) is 7.35. The smallest absolute Gasteiger partial charge is 0.404 e. The van der Waals surface area contributed by atoms with Crippen molar-refractivity contribution in [2.75, 3.05) is 38.5 Å². The third kappa shape index (κ3) is 14.0. The van der Waals surface area contributed by atoms with Gasteiger partial charge in [0.15, 0.2) is 17.8 Å². The van der Waals surface area contributed by atoms with Crippen molar-refractivity contribution in [3.8, 4) is 5.75 Å². The molecule has 2 N–H and O–H groups in total. The number of fused-ring (bicyclic) bond motifs is 2. The summed E-state index contributed by atoms with van der Waals surface area (Å²) in [6.07, 6.45) is 24.3. The molecule has 0 radical (unpaired) electrons. The second-order valence-electron chi connectivity index (χ2n) is 12.8. The Morgan fingerprint density at radius 2 is 1.35 bits per heavy atom. The SMILES string of the molecule is CCCCCCCCCCCCCCCCCCOCCOP(=O)(COCCn1cnc2c(N)ncnc21)Oc1cccc2ccccc12. The number of hydrogen-bond donors (Lipinski definition) is 1. The van der Waals surface area contributed by atoms with Crippen molar-refractivity contribution in [2.24, 2.45) is 0 Å². The van der Waals surface area contributed by atoms with Crippen molar-refractivity contribution in [2.45, 2.75) is 116 Å². The second-order valence-corrected chi connectivity index (χ2v) is 14.8. The predicted octanol–water partition coefficient (Wildman–Crippen LogP) is 10.1. The summed E-state index contributed by atoms with van der Waals surface area (Å²) in [4.78, 5) is 12.5. The van der Waals surface area contributed by atoms with Crippen molar-refractivity contribution in [3.63, 3.8) is 0 Å². The zero-order valence-corrected chi connectivity index (χ0v) is 30.5. The summed E-state index contributed by atoms with van der Waals surface area (Å²) in [5.74, 6) is 0.815. The molecule has 0 fully saturated rings. The monoisotopic (exact) mass is 695 g/mol. The van der Waals surface area contributed by atoms with Gasteiger partial charge in [-0.15, -0.1) is 0 Å². The zero-order chi connectivity index (χ0) is 34.4. The summed E-state index contributed by atoms with van der Waals surface area (Å²) in [5.41, 5.74) is 7.05. The van der Waals surface area contributed by atoms with Gasteiger partial charge in [0.2, 0.25) is 0 Å². The summed E-state index contributed by atoms with van der Waals surface area (Å²) < 4.78 is 39.4. The lowest BCUT2D eigenvalue weighted by molar-refractivity contribution is 0.0853. The lowest BCUT2D eigenvalue weighted by Gasteiger charge is -2.20. The normalized spacial score (nSPS) is 12.9. The summed E-state index contributed by atoms with van der Waals surface area (Å²) in [6, 6.07) is 13.5. The quantitative estimate of drug-likeness (QED) is 0.0457. The number of hydrogen-bond acceptors (Lipinski definition) is 9. The first kappa shape index (κ1) is 38.8. The third-order valence-electron chi connectivity index (χ3n) is 8.80. The molecule has 1 atom stereocenters. The van der Waals surface area contributed by atoms with Crippen molar-refractivity contribution < 1.29 is 23.1 Å². The number of aromatic nitrogens is 4. The van der Waals surface area contributed by atoms with E-state index >= 15 is 0 Å². The zero-order valence-electron chi connectivity index (χ0n) is 29.6. The van der Waals surface area contributed by atoms with Gasteiger partial charge in [-0.25, -0.2) is 19.5 Å². The fourth-order valence-electron chi connectivity index (χ4n) is 6.01. The van der Waals surface area contributed by atoms with Crippen molar-refractivity contribution in [1.82, 2.24) is 19.5 Å². The highest BCUT2D eigenvalue weighted by molar-refractivity contribution is 7.54. The van der Waals surface area contributed by atoms with E-state index in [-0.39, 0.29) is 19.6 Å². The molecule has 2 heterocycles. The molecular weight excluding hydrogens is 637 g/mol. The Hall–Kier alpha value is -3.04. The lowest BCUT2D eigenvalue weighted by Crippen LogP contribution is -2.12.